The minimum absolute atomic E-state index is 0.0673. The van der Waals surface area contributed by atoms with Crippen LogP contribution in [0, 0.1) is 23.7 Å². The SMILES string of the molecule is CCCCCCCCCCC#CC#CCCCCCCCCC(=O)O[C@@H](CO)C(OP(=O)(O)OCC[N+](C)(C)C)C(=O)CCCCCCCCCCCCCCC. The van der Waals surface area contributed by atoms with Gasteiger partial charge in [0.15, 0.2) is 18.0 Å². The second-order valence-electron chi connectivity index (χ2n) is 17.0. The standard InChI is InChI=1S/C47H86NO8P/c1-6-8-10-12-14-16-18-20-21-22-23-24-25-26-28-30-32-34-36-38-40-46(51)55-45(43-49)47(56-57(52,53)54-42-41-48(3,4)5)44(50)39-37-35-33-31-29-27-19-17-15-13-11-9-7-2/h45,47,49H,6-21,26-43H2,1-5H3/p+1/t45-,47?/m0/s1. The number of quaternary nitrogens is 1. The van der Waals surface area contributed by atoms with E-state index in [1.54, 1.807) is 0 Å². The van der Waals surface area contributed by atoms with Crippen molar-refractivity contribution in [2.45, 2.75) is 225 Å². The molecule has 0 amide bonds. The number of phosphoric acid groups is 1. The number of Topliss-reactive ketones (excluding diaryl/α,β-unsaturated/α-hetero) is 1. The first-order chi connectivity index (χ1) is 27.5. The van der Waals surface area contributed by atoms with Crippen molar-refractivity contribution >= 4 is 19.6 Å². The molecule has 2 N–H and O–H groups in total. The number of nitrogens with zero attached hydrogens (tertiary/aromatic N) is 1. The fourth-order valence-electron chi connectivity index (χ4n) is 6.57. The van der Waals surface area contributed by atoms with Crippen molar-refractivity contribution < 1.29 is 42.4 Å². The minimum atomic E-state index is -4.68. The lowest BCUT2D eigenvalue weighted by Gasteiger charge is -2.27. The van der Waals surface area contributed by atoms with Crippen molar-refractivity contribution in [1.82, 2.24) is 0 Å². The Balaban J connectivity index is 4.57. The van der Waals surface area contributed by atoms with Gasteiger partial charge in [0.05, 0.1) is 27.7 Å². The average molecular weight is 825 g/mol. The number of likely N-dealkylation sites (N-methyl/N-ethyl adjacent to an activating group) is 1. The third kappa shape index (κ3) is 38.3. The zero-order chi connectivity index (χ0) is 42.3. The van der Waals surface area contributed by atoms with E-state index >= 15 is 0 Å². The van der Waals surface area contributed by atoms with Crippen LogP contribution in [0.4, 0.5) is 0 Å². The van der Waals surface area contributed by atoms with E-state index in [0.717, 1.165) is 70.6 Å². The molecule has 0 spiro atoms. The van der Waals surface area contributed by atoms with Crippen molar-refractivity contribution in [3.8, 4) is 23.7 Å². The summed E-state index contributed by atoms with van der Waals surface area (Å²) in [4.78, 5) is 36.6. The molecule has 57 heavy (non-hydrogen) atoms. The molecule has 0 aliphatic rings. The molecule has 10 heteroatoms. The summed E-state index contributed by atoms with van der Waals surface area (Å²) >= 11 is 0. The zero-order valence-corrected chi connectivity index (χ0v) is 38.3. The molecule has 0 aromatic rings. The van der Waals surface area contributed by atoms with Crippen molar-refractivity contribution in [3.05, 3.63) is 0 Å². The molecule has 0 bridgehead atoms. The van der Waals surface area contributed by atoms with E-state index in [2.05, 4.69) is 37.5 Å². The van der Waals surface area contributed by atoms with Crippen LogP contribution < -0.4 is 0 Å². The van der Waals surface area contributed by atoms with Gasteiger partial charge in [-0.3, -0.25) is 18.6 Å². The predicted molar refractivity (Wildman–Crippen MR) is 236 cm³/mol. The van der Waals surface area contributed by atoms with Crippen LogP contribution in [-0.2, 0) is 27.9 Å². The number of esters is 1. The molecule has 2 unspecified atom stereocenters. The monoisotopic (exact) mass is 825 g/mol. The Bertz CT molecular complexity index is 1150. The molecule has 0 aliphatic carbocycles. The fraction of sp³-hybridized carbons (Fsp3) is 0.872. The van der Waals surface area contributed by atoms with Crippen LogP contribution in [0.3, 0.4) is 0 Å². The highest BCUT2D eigenvalue weighted by molar-refractivity contribution is 7.47. The first-order valence-corrected chi connectivity index (χ1v) is 24.7. The van der Waals surface area contributed by atoms with Gasteiger partial charge in [-0.25, -0.2) is 4.57 Å². The lowest BCUT2D eigenvalue weighted by atomic mass is 10.0. The summed E-state index contributed by atoms with van der Waals surface area (Å²) in [5, 5.41) is 10.2. The molecular weight excluding hydrogens is 737 g/mol. The van der Waals surface area contributed by atoms with Gasteiger partial charge in [-0.05, 0) is 37.5 Å². The lowest BCUT2D eigenvalue weighted by Crippen LogP contribution is -2.42. The van der Waals surface area contributed by atoms with E-state index in [9.17, 15) is 24.2 Å². The number of hydrogen-bond acceptors (Lipinski definition) is 7. The first-order valence-electron chi connectivity index (χ1n) is 23.2. The minimum Gasteiger partial charge on any atom is -0.457 e. The molecule has 0 aromatic carbocycles. The van der Waals surface area contributed by atoms with Crippen LogP contribution >= 0.6 is 7.82 Å². The maximum Gasteiger partial charge on any atom is 0.473 e. The summed E-state index contributed by atoms with van der Waals surface area (Å²) in [6, 6.07) is 0. The van der Waals surface area contributed by atoms with E-state index in [-0.39, 0.29) is 19.4 Å². The third-order valence-electron chi connectivity index (χ3n) is 10.2. The Kier molecular flexibility index (Phi) is 37.3. The molecule has 0 fully saturated rings. The molecule has 0 radical (unpaired) electrons. The number of carbonyl (C=O) groups is 2. The number of aliphatic hydroxyl groups is 1. The zero-order valence-electron chi connectivity index (χ0n) is 37.4. The van der Waals surface area contributed by atoms with E-state index in [1.165, 1.54) is 103 Å². The molecule has 332 valence electrons. The largest absolute Gasteiger partial charge is 0.473 e. The molecular formula is C47H87NO8P+. The number of unbranched alkanes of at least 4 members (excludes halogenated alkanes) is 26. The van der Waals surface area contributed by atoms with Crippen LogP contribution in [-0.4, -0.2) is 79.3 Å². The average Bonchev–Trinajstić information content (AvgIpc) is 3.16. The number of rotatable bonds is 40. The molecule has 9 nitrogen and oxygen atoms in total. The number of carbonyl (C=O) groups excluding carboxylic acids is 2. The summed E-state index contributed by atoms with van der Waals surface area (Å²) < 4.78 is 29.4. The van der Waals surface area contributed by atoms with E-state index < -0.39 is 38.4 Å². The van der Waals surface area contributed by atoms with Gasteiger partial charge in [-0.15, -0.1) is 0 Å². The Morgan fingerprint density at radius 3 is 1.39 bits per heavy atom. The molecule has 0 heterocycles. The molecule has 0 rings (SSSR count). The van der Waals surface area contributed by atoms with Crippen LogP contribution in [0.2, 0.25) is 0 Å². The normalized spacial score (nSPS) is 13.5. The highest BCUT2D eigenvalue weighted by Crippen LogP contribution is 2.45. The van der Waals surface area contributed by atoms with Gasteiger partial charge < -0.3 is 19.2 Å². The highest BCUT2D eigenvalue weighted by Gasteiger charge is 2.38. The van der Waals surface area contributed by atoms with Crippen molar-refractivity contribution in [2.24, 2.45) is 0 Å². The van der Waals surface area contributed by atoms with Crippen molar-refractivity contribution in [3.63, 3.8) is 0 Å². The first kappa shape index (κ1) is 55.3. The Labute approximate surface area is 350 Å². The highest BCUT2D eigenvalue weighted by atomic mass is 31.2. The van der Waals surface area contributed by atoms with Gasteiger partial charge in [0, 0.05) is 25.7 Å². The Hall–Kier alpha value is -1.71. The molecule has 0 aliphatic heterocycles. The van der Waals surface area contributed by atoms with Gasteiger partial charge in [0.2, 0.25) is 0 Å². The summed E-state index contributed by atoms with van der Waals surface area (Å²) in [7, 11) is 1.08. The number of aliphatic hydroxyl groups excluding tert-OH is 1. The smallest absolute Gasteiger partial charge is 0.457 e. The van der Waals surface area contributed by atoms with Crippen LogP contribution in [0.15, 0.2) is 0 Å². The molecule has 0 aromatic heterocycles. The summed E-state index contributed by atoms with van der Waals surface area (Å²) in [6.45, 7) is 4.14. The molecule has 0 saturated carbocycles. The fourth-order valence-corrected chi connectivity index (χ4v) is 7.48. The third-order valence-corrected chi connectivity index (χ3v) is 11.2. The van der Waals surface area contributed by atoms with Gasteiger partial charge in [0.25, 0.3) is 0 Å². The van der Waals surface area contributed by atoms with Gasteiger partial charge in [0.1, 0.15) is 13.2 Å². The summed E-state index contributed by atoms with van der Waals surface area (Å²) in [5.74, 6) is 11.2. The molecule has 3 atom stereocenters. The number of phosphoric ester groups is 1. The van der Waals surface area contributed by atoms with Crippen molar-refractivity contribution in [2.75, 3.05) is 40.9 Å². The van der Waals surface area contributed by atoms with Gasteiger partial charge in [-0.2, -0.15) is 0 Å². The maximum absolute atomic E-state index is 13.4. The maximum atomic E-state index is 13.4. The quantitative estimate of drug-likeness (QED) is 0.0206. The second-order valence-corrected chi connectivity index (χ2v) is 18.4. The van der Waals surface area contributed by atoms with E-state index in [0.29, 0.717) is 23.9 Å². The van der Waals surface area contributed by atoms with Gasteiger partial charge in [-0.1, -0.05) is 173 Å². The van der Waals surface area contributed by atoms with Crippen LogP contribution in [0.25, 0.3) is 0 Å². The van der Waals surface area contributed by atoms with Crippen LogP contribution in [0.1, 0.15) is 213 Å². The predicted octanol–water partition coefficient (Wildman–Crippen LogP) is 11.8. The van der Waals surface area contributed by atoms with E-state index in [4.69, 9.17) is 13.8 Å². The number of ether oxygens (including phenoxy) is 1. The van der Waals surface area contributed by atoms with E-state index in [1.807, 2.05) is 21.1 Å². The van der Waals surface area contributed by atoms with Gasteiger partial charge >= 0.3 is 13.8 Å². The summed E-state index contributed by atoms with van der Waals surface area (Å²) in [5.41, 5.74) is 0. The van der Waals surface area contributed by atoms with Crippen molar-refractivity contribution in [1.29, 1.82) is 0 Å². The topological polar surface area (TPSA) is 119 Å². The number of ketones is 1. The number of hydrogen-bond donors (Lipinski definition) is 2. The van der Waals surface area contributed by atoms with Crippen LogP contribution in [0.5, 0.6) is 0 Å². The lowest BCUT2D eigenvalue weighted by molar-refractivity contribution is -0.870. The Morgan fingerprint density at radius 2 is 0.982 bits per heavy atom. The second kappa shape index (κ2) is 38.5. The molecule has 0 saturated heterocycles. The Morgan fingerprint density at radius 1 is 0.596 bits per heavy atom. The summed E-state index contributed by atoms with van der Waals surface area (Å²) in [6.07, 6.45) is 30.2.